The van der Waals surface area contributed by atoms with Crippen LogP contribution in [-0.4, -0.2) is 53.7 Å². The van der Waals surface area contributed by atoms with Crippen molar-refractivity contribution < 1.29 is 9.59 Å². The molecule has 8 N–H and O–H groups in total. The van der Waals surface area contributed by atoms with E-state index >= 15 is 0 Å². The Hall–Kier alpha value is -3.26. The summed E-state index contributed by atoms with van der Waals surface area (Å²) in [4.78, 5) is 32.1. The maximum absolute atomic E-state index is 12.2. The van der Waals surface area contributed by atoms with Gasteiger partial charge in [-0.3, -0.25) is 9.59 Å². The van der Waals surface area contributed by atoms with Crippen molar-refractivity contribution in [2.45, 2.75) is 10.3 Å². The molecular formula is C14H16N10O2S2. The number of para-hydroxylation sites is 2. The Morgan fingerprint density at radius 2 is 1.29 bits per heavy atom. The second-order valence-electron chi connectivity index (χ2n) is 5.23. The van der Waals surface area contributed by atoms with Crippen molar-refractivity contribution in [2.75, 3.05) is 33.6 Å². The number of rotatable bonds is 8. The minimum absolute atomic E-state index is 0.0850. The second-order valence-corrected chi connectivity index (χ2v) is 7.11. The minimum atomic E-state index is -0.277. The van der Waals surface area contributed by atoms with E-state index in [-0.39, 0.29) is 35.2 Å². The highest BCUT2D eigenvalue weighted by Crippen LogP contribution is 2.23. The molecule has 2 heterocycles. The third kappa shape index (κ3) is 5.62. The van der Waals surface area contributed by atoms with Gasteiger partial charge in [0.2, 0.25) is 34.0 Å². The van der Waals surface area contributed by atoms with Gasteiger partial charge in [-0.15, -0.1) is 10.2 Å². The van der Waals surface area contributed by atoms with Crippen LogP contribution in [-0.2, 0) is 9.59 Å². The van der Waals surface area contributed by atoms with E-state index < -0.39 is 0 Å². The predicted octanol–water partition coefficient (Wildman–Crippen LogP) is 0.549. The van der Waals surface area contributed by atoms with Gasteiger partial charge in [-0.05, 0) is 12.1 Å². The van der Waals surface area contributed by atoms with Gasteiger partial charge in [0, 0.05) is 0 Å². The summed E-state index contributed by atoms with van der Waals surface area (Å²) < 4.78 is 0. The molecule has 0 saturated carbocycles. The summed E-state index contributed by atoms with van der Waals surface area (Å²) in [6.45, 7) is 0. The molecule has 28 heavy (non-hydrogen) atoms. The first-order valence-electron chi connectivity index (χ1n) is 7.79. The minimum Gasteiger partial charge on any atom is -0.368 e. The van der Waals surface area contributed by atoms with Gasteiger partial charge in [-0.1, -0.05) is 35.7 Å². The number of nitrogen functional groups attached to an aromatic ring is 2. The number of nitrogens with two attached hydrogens (primary N) is 2. The van der Waals surface area contributed by atoms with Crippen LogP contribution in [0.4, 0.5) is 23.3 Å². The molecule has 146 valence electrons. The number of thioether (sulfide) groups is 2. The molecule has 14 heteroatoms. The number of nitrogens with zero attached hydrogens (tertiary/aromatic N) is 4. The molecule has 0 bridgehead atoms. The number of carbonyl (C=O) groups excluding carboxylic acids is 2. The molecule has 2 aromatic heterocycles. The van der Waals surface area contributed by atoms with E-state index in [1.165, 1.54) is 0 Å². The smallest absolute Gasteiger partial charge is 0.234 e. The van der Waals surface area contributed by atoms with Crippen LogP contribution in [0.1, 0.15) is 0 Å². The number of aromatic amines is 2. The fourth-order valence-electron chi connectivity index (χ4n) is 1.98. The zero-order valence-electron chi connectivity index (χ0n) is 14.3. The summed E-state index contributed by atoms with van der Waals surface area (Å²) in [7, 11) is 0. The van der Waals surface area contributed by atoms with Crippen molar-refractivity contribution in [1.29, 1.82) is 0 Å². The number of benzene rings is 1. The largest absolute Gasteiger partial charge is 0.368 e. The average molecular weight is 420 g/mol. The number of H-pyrrole nitrogens is 2. The summed E-state index contributed by atoms with van der Waals surface area (Å²) in [5.41, 5.74) is 11.8. The van der Waals surface area contributed by atoms with E-state index in [1.54, 1.807) is 24.3 Å². The third-order valence-corrected chi connectivity index (χ3v) is 4.80. The van der Waals surface area contributed by atoms with Crippen LogP contribution in [0.15, 0.2) is 34.6 Å². The van der Waals surface area contributed by atoms with Gasteiger partial charge in [0.15, 0.2) is 0 Å². The Bertz CT molecular complexity index is 895. The maximum atomic E-state index is 12.2. The predicted molar refractivity (Wildman–Crippen MR) is 107 cm³/mol. The molecule has 0 aliphatic carbocycles. The molecular weight excluding hydrogens is 404 g/mol. The fraction of sp³-hybridized carbons (Fsp3) is 0.143. The van der Waals surface area contributed by atoms with Crippen molar-refractivity contribution in [1.82, 2.24) is 30.4 Å². The molecule has 3 aromatic rings. The molecule has 0 aliphatic heterocycles. The van der Waals surface area contributed by atoms with E-state index in [4.69, 9.17) is 11.5 Å². The monoisotopic (exact) mass is 420 g/mol. The Balaban J connectivity index is 1.53. The van der Waals surface area contributed by atoms with Crippen molar-refractivity contribution in [3.63, 3.8) is 0 Å². The van der Waals surface area contributed by atoms with Crippen LogP contribution in [0.2, 0.25) is 0 Å². The quantitative estimate of drug-likeness (QED) is 0.280. The molecule has 0 radical (unpaired) electrons. The molecule has 3 rings (SSSR count). The first-order chi connectivity index (χ1) is 13.5. The van der Waals surface area contributed by atoms with Crippen LogP contribution in [0, 0.1) is 0 Å². The Morgan fingerprint density at radius 1 is 0.857 bits per heavy atom. The lowest BCUT2D eigenvalue weighted by Crippen LogP contribution is -2.19. The molecule has 0 unspecified atom stereocenters. The van der Waals surface area contributed by atoms with E-state index in [2.05, 4.69) is 41.0 Å². The zero-order valence-corrected chi connectivity index (χ0v) is 15.9. The van der Waals surface area contributed by atoms with Crippen LogP contribution in [0.3, 0.4) is 0 Å². The number of aromatic nitrogens is 6. The molecule has 0 spiro atoms. The van der Waals surface area contributed by atoms with Crippen molar-refractivity contribution in [3.8, 4) is 0 Å². The van der Waals surface area contributed by atoms with Crippen molar-refractivity contribution in [2.24, 2.45) is 0 Å². The standard InChI is InChI=1S/C14H16N10O2S2/c15-11-19-13(23-21-11)27-5-9(25)17-7-3-1-2-4-8(7)18-10(26)6-28-14-20-12(16)22-24-14/h1-4H,5-6H2,(H,17,25)(H,18,26)(H3,15,19,21,23)(H3,16,20,22,24). The van der Waals surface area contributed by atoms with Gasteiger partial charge in [0.1, 0.15) is 0 Å². The number of anilines is 4. The molecule has 0 fully saturated rings. The number of hydrogen-bond acceptors (Lipinski definition) is 10. The summed E-state index contributed by atoms with van der Waals surface area (Å²) in [6, 6.07) is 6.87. The third-order valence-electron chi connectivity index (χ3n) is 3.10. The van der Waals surface area contributed by atoms with Gasteiger partial charge in [0.05, 0.1) is 22.9 Å². The summed E-state index contributed by atoms with van der Waals surface area (Å²) in [6.07, 6.45) is 0. The topological polar surface area (TPSA) is 193 Å². The van der Waals surface area contributed by atoms with E-state index in [1.807, 2.05) is 0 Å². The van der Waals surface area contributed by atoms with Gasteiger partial charge < -0.3 is 22.1 Å². The lowest BCUT2D eigenvalue weighted by atomic mass is 10.2. The van der Waals surface area contributed by atoms with Gasteiger partial charge in [0.25, 0.3) is 0 Å². The number of nitrogens with one attached hydrogen (secondary N) is 4. The highest BCUT2D eigenvalue weighted by Gasteiger charge is 2.12. The van der Waals surface area contributed by atoms with E-state index in [0.29, 0.717) is 21.7 Å². The molecule has 12 nitrogen and oxygen atoms in total. The van der Waals surface area contributed by atoms with Crippen LogP contribution >= 0.6 is 23.5 Å². The summed E-state index contributed by atoms with van der Waals surface area (Å²) in [5, 5.41) is 18.9. The van der Waals surface area contributed by atoms with Gasteiger partial charge >= 0.3 is 0 Å². The van der Waals surface area contributed by atoms with Crippen LogP contribution in [0.25, 0.3) is 0 Å². The molecule has 0 atom stereocenters. The lowest BCUT2D eigenvalue weighted by Gasteiger charge is -2.11. The van der Waals surface area contributed by atoms with E-state index in [9.17, 15) is 9.59 Å². The van der Waals surface area contributed by atoms with Crippen LogP contribution < -0.4 is 22.1 Å². The fourth-order valence-corrected chi connectivity index (χ4v) is 3.19. The molecule has 2 amide bonds. The second kappa shape index (κ2) is 9.09. The summed E-state index contributed by atoms with van der Waals surface area (Å²) >= 11 is 2.27. The normalized spacial score (nSPS) is 10.6. The first-order valence-corrected chi connectivity index (χ1v) is 9.77. The molecule has 0 aliphatic rings. The summed E-state index contributed by atoms with van der Waals surface area (Å²) in [5.74, 6) is -0.0204. The van der Waals surface area contributed by atoms with Crippen molar-refractivity contribution >= 4 is 58.6 Å². The SMILES string of the molecule is Nc1nc(SCC(=O)Nc2ccccc2NC(=O)CSc2n[nH]c(N)n2)n[nH]1. The maximum Gasteiger partial charge on any atom is 0.234 e. The number of carbonyl (C=O) groups is 2. The van der Waals surface area contributed by atoms with Crippen LogP contribution in [0.5, 0.6) is 0 Å². The van der Waals surface area contributed by atoms with E-state index in [0.717, 1.165) is 23.5 Å². The molecule has 1 aromatic carbocycles. The first kappa shape index (κ1) is 19.5. The van der Waals surface area contributed by atoms with Gasteiger partial charge in [-0.25, -0.2) is 10.2 Å². The zero-order chi connectivity index (χ0) is 19.9. The van der Waals surface area contributed by atoms with Crippen molar-refractivity contribution in [3.05, 3.63) is 24.3 Å². The highest BCUT2D eigenvalue weighted by atomic mass is 32.2. The average Bonchev–Trinajstić information content (AvgIpc) is 3.28. The number of hydrogen-bond donors (Lipinski definition) is 6. The Labute approximate surface area is 167 Å². The highest BCUT2D eigenvalue weighted by molar-refractivity contribution is 8.00. The Kier molecular flexibility index (Phi) is 6.33. The number of amides is 2. The Morgan fingerprint density at radius 3 is 1.64 bits per heavy atom. The van der Waals surface area contributed by atoms with Gasteiger partial charge in [-0.2, -0.15) is 9.97 Å². The molecule has 0 saturated heterocycles. The lowest BCUT2D eigenvalue weighted by molar-refractivity contribution is -0.114.